The third-order valence-corrected chi connectivity index (χ3v) is 4.27. The van der Waals surface area contributed by atoms with Gasteiger partial charge >= 0.3 is 6.09 Å². The first kappa shape index (κ1) is 19.6. The van der Waals surface area contributed by atoms with Crippen LogP contribution in [0.15, 0.2) is 24.3 Å². The number of anilines is 1. The molecular formula is C20H33N3O2. The van der Waals surface area contributed by atoms with Gasteiger partial charge in [0.2, 0.25) is 0 Å². The number of hydrogen-bond acceptors (Lipinski definition) is 4. The van der Waals surface area contributed by atoms with Gasteiger partial charge in [0.1, 0.15) is 5.60 Å². The van der Waals surface area contributed by atoms with Crippen molar-refractivity contribution in [3.63, 3.8) is 0 Å². The molecule has 0 spiro atoms. The Morgan fingerprint density at radius 1 is 1.12 bits per heavy atom. The van der Waals surface area contributed by atoms with Gasteiger partial charge in [-0.1, -0.05) is 18.2 Å². The Balaban J connectivity index is 1.88. The topological polar surface area (TPSA) is 53.6 Å². The third kappa shape index (κ3) is 6.58. The van der Waals surface area contributed by atoms with Crippen molar-refractivity contribution in [3.8, 4) is 0 Å². The van der Waals surface area contributed by atoms with E-state index in [2.05, 4.69) is 53.6 Å². The molecule has 5 heteroatoms. The summed E-state index contributed by atoms with van der Waals surface area (Å²) in [6.45, 7) is 13.3. The van der Waals surface area contributed by atoms with Gasteiger partial charge in [0.25, 0.3) is 0 Å². The summed E-state index contributed by atoms with van der Waals surface area (Å²) in [6, 6.07) is 8.57. The van der Waals surface area contributed by atoms with Crippen molar-refractivity contribution in [1.29, 1.82) is 0 Å². The fourth-order valence-electron chi connectivity index (χ4n) is 2.93. The van der Waals surface area contributed by atoms with E-state index >= 15 is 0 Å². The van der Waals surface area contributed by atoms with Crippen molar-refractivity contribution in [2.24, 2.45) is 0 Å². The van der Waals surface area contributed by atoms with Gasteiger partial charge in [-0.15, -0.1) is 0 Å². The van der Waals surface area contributed by atoms with Crippen molar-refractivity contribution in [2.75, 3.05) is 24.5 Å². The summed E-state index contributed by atoms with van der Waals surface area (Å²) >= 11 is 0. The largest absolute Gasteiger partial charge is 0.444 e. The van der Waals surface area contributed by atoms with Gasteiger partial charge < -0.3 is 20.3 Å². The lowest BCUT2D eigenvalue weighted by atomic mass is 10.0. The van der Waals surface area contributed by atoms with Gasteiger partial charge in [0, 0.05) is 37.4 Å². The quantitative estimate of drug-likeness (QED) is 0.824. The van der Waals surface area contributed by atoms with E-state index in [1.165, 1.54) is 24.1 Å². The van der Waals surface area contributed by atoms with Crippen LogP contribution < -0.4 is 15.5 Å². The number of ether oxygens (including phenoxy) is 1. The molecule has 2 N–H and O–H groups in total. The number of nitrogens with zero attached hydrogens (tertiary/aromatic N) is 1. The van der Waals surface area contributed by atoms with Crippen LogP contribution >= 0.6 is 0 Å². The van der Waals surface area contributed by atoms with Crippen LogP contribution in [-0.2, 0) is 11.3 Å². The summed E-state index contributed by atoms with van der Waals surface area (Å²) in [7, 11) is 0. The summed E-state index contributed by atoms with van der Waals surface area (Å²) in [4.78, 5) is 14.3. The van der Waals surface area contributed by atoms with Gasteiger partial charge in [0.05, 0.1) is 0 Å². The number of nitrogens with one attached hydrogen (secondary N) is 2. The zero-order valence-corrected chi connectivity index (χ0v) is 16.3. The predicted octanol–water partition coefficient (Wildman–Crippen LogP) is 3.68. The van der Waals surface area contributed by atoms with Gasteiger partial charge in [-0.25, -0.2) is 4.79 Å². The van der Waals surface area contributed by atoms with E-state index in [1.807, 2.05) is 20.8 Å². The molecule has 0 saturated carbocycles. The highest BCUT2D eigenvalue weighted by Crippen LogP contribution is 2.24. The highest BCUT2D eigenvalue weighted by atomic mass is 16.6. The Morgan fingerprint density at radius 2 is 1.76 bits per heavy atom. The highest BCUT2D eigenvalue weighted by molar-refractivity contribution is 5.67. The first-order valence-corrected chi connectivity index (χ1v) is 9.21. The summed E-state index contributed by atoms with van der Waals surface area (Å²) in [6.07, 6.45) is 2.17. The molecule has 140 valence electrons. The smallest absolute Gasteiger partial charge is 0.407 e. The Hall–Kier alpha value is -1.75. The van der Waals surface area contributed by atoms with Crippen molar-refractivity contribution in [1.82, 2.24) is 10.6 Å². The molecule has 0 radical (unpaired) electrons. The summed E-state index contributed by atoms with van der Waals surface area (Å²) in [5.41, 5.74) is 1.92. The number of alkyl carbamates (subject to hydrolysis) is 1. The summed E-state index contributed by atoms with van der Waals surface area (Å²) < 4.78 is 5.30. The molecule has 0 aliphatic carbocycles. The molecule has 0 bridgehead atoms. The molecule has 2 rings (SSSR count). The van der Waals surface area contributed by atoms with Crippen LogP contribution in [0.1, 0.15) is 53.0 Å². The van der Waals surface area contributed by atoms with Gasteiger partial charge in [-0.05, 0) is 59.1 Å². The second kappa shape index (κ2) is 8.09. The molecule has 25 heavy (non-hydrogen) atoms. The van der Waals surface area contributed by atoms with E-state index < -0.39 is 5.60 Å². The van der Waals surface area contributed by atoms with Crippen molar-refractivity contribution < 1.29 is 9.53 Å². The SMILES string of the molecule is CC(C)(CNC(=O)OC(C)(C)C)NCc1ccccc1N1CCCC1. The normalized spacial score (nSPS) is 15.3. The minimum absolute atomic E-state index is 0.227. The lowest BCUT2D eigenvalue weighted by Gasteiger charge is -2.29. The average molecular weight is 348 g/mol. The zero-order valence-electron chi connectivity index (χ0n) is 16.3. The average Bonchev–Trinajstić information content (AvgIpc) is 3.04. The first-order chi connectivity index (χ1) is 11.7. The maximum absolute atomic E-state index is 11.8. The monoisotopic (exact) mass is 347 g/mol. The minimum atomic E-state index is -0.476. The van der Waals surface area contributed by atoms with Gasteiger partial charge in [0.15, 0.2) is 0 Å². The second-order valence-electron chi connectivity index (χ2n) is 8.42. The molecule has 0 unspecified atom stereocenters. The Kier molecular flexibility index (Phi) is 6.33. The van der Waals surface area contributed by atoms with Crippen LogP contribution in [0.5, 0.6) is 0 Å². The fourth-order valence-corrected chi connectivity index (χ4v) is 2.93. The molecule has 1 aromatic carbocycles. The first-order valence-electron chi connectivity index (χ1n) is 9.21. The van der Waals surface area contributed by atoms with Crippen molar-refractivity contribution in [2.45, 2.75) is 65.1 Å². The van der Waals surface area contributed by atoms with E-state index in [0.29, 0.717) is 6.54 Å². The fraction of sp³-hybridized carbons (Fsp3) is 0.650. The molecular weight excluding hydrogens is 314 g/mol. The number of carbonyl (C=O) groups excluding carboxylic acids is 1. The molecule has 0 atom stereocenters. The van der Waals surface area contributed by atoms with Crippen LogP contribution in [-0.4, -0.2) is 36.9 Å². The maximum atomic E-state index is 11.8. The number of para-hydroxylation sites is 1. The molecule has 1 aliphatic rings. The maximum Gasteiger partial charge on any atom is 0.407 e. The lowest BCUT2D eigenvalue weighted by molar-refractivity contribution is 0.0513. The van der Waals surface area contributed by atoms with E-state index in [9.17, 15) is 4.79 Å². The molecule has 1 amide bonds. The number of rotatable bonds is 6. The molecule has 1 aliphatic heterocycles. The van der Waals surface area contributed by atoms with Crippen molar-refractivity contribution in [3.05, 3.63) is 29.8 Å². The molecule has 1 aromatic rings. The van der Waals surface area contributed by atoms with Crippen LogP contribution in [0.3, 0.4) is 0 Å². The third-order valence-electron chi connectivity index (χ3n) is 4.27. The number of amides is 1. The van der Waals surface area contributed by atoms with E-state index in [-0.39, 0.29) is 11.6 Å². The van der Waals surface area contributed by atoms with E-state index in [0.717, 1.165) is 19.6 Å². The second-order valence-corrected chi connectivity index (χ2v) is 8.42. The minimum Gasteiger partial charge on any atom is -0.444 e. The molecule has 1 fully saturated rings. The Bertz CT molecular complexity index is 573. The highest BCUT2D eigenvalue weighted by Gasteiger charge is 2.22. The standard InChI is InChI=1S/C20H33N3O2/c1-19(2,3)25-18(24)21-15-20(4,5)22-14-16-10-6-7-11-17(16)23-12-8-9-13-23/h6-7,10-11,22H,8-9,12-15H2,1-5H3,(H,21,24). The Morgan fingerprint density at radius 3 is 2.40 bits per heavy atom. The molecule has 0 aromatic heterocycles. The molecule has 1 heterocycles. The van der Waals surface area contributed by atoms with Gasteiger partial charge in [-0.3, -0.25) is 0 Å². The van der Waals surface area contributed by atoms with Crippen LogP contribution in [0.25, 0.3) is 0 Å². The zero-order chi connectivity index (χ0) is 18.5. The van der Waals surface area contributed by atoms with Crippen LogP contribution in [0.4, 0.5) is 10.5 Å². The van der Waals surface area contributed by atoms with Gasteiger partial charge in [-0.2, -0.15) is 0 Å². The Labute approximate surface area is 152 Å². The molecule has 1 saturated heterocycles. The van der Waals surface area contributed by atoms with E-state index in [1.54, 1.807) is 0 Å². The van der Waals surface area contributed by atoms with Crippen LogP contribution in [0, 0.1) is 0 Å². The predicted molar refractivity (Wildman–Crippen MR) is 103 cm³/mol. The summed E-state index contributed by atoms with van der Waals surface area (Å²) in [5, 5.41) is 6.41. The van der Waals surface area contributed by atoms with E-state index in [4.69, 9.17) is 4.74 Å². The number of hydrogen-bond donors (Lipinski definition) is 2. The lowest BCUT2D eigenvalue weighted by Crippen LogP contribution is -2.49. The summed E-state index contributed by atoms with van der Waals surface area (Å²) in [5.74, 6) is 0. The number of benzene rings is 1. The van der Waals surface area contributed by atoms with Crippen LogP contribution in [0.2, 0.25) is 0 Å². The number of carbonyl (C=O) groups is 1. The molecule has 5 nitrogen and oxygen atoms in total. The van der Waals surface area contributed by atoms with Crippen molar-refractivity contribution >= 4 is 11.8 Å².